The Morgan fingerprint density at radius 2 is 1.73 bits per heavy atom. The highest BCUT2D eigenvalue weighted by Gasteiger charge is 2.32. The summed E-state index contributed by atoms with van der Waals surface area (Å²) in [5.74, 6) is 0.935. The van der Waals surface area contributed by atoms with Crippen LogP contribution in [0.3, 0.4) is 0 Å². The summed E-state index contributed by atoms with van der Waals surface area (Å²) in [4.78, 5) is 16.8. The van der Waals surface area contributed by atoms with Crippen molar-refractivity contribution in [2.24, 2.45) is 0 Å². The normalized spacial score (nSPS) is 15.5. The molecule has 1 amide bonds. The number of thiophene rings is 1. The second kappa shape index (κ2) is 8.95. The minimum atomic E-state index is -3.54. The third kappa shape index (κ3) is 4.63. The van der Waals surface area contributed by atoms with E-state index in [1.165, 1.54) is 22.8 Å². The molecule has 1 saturated heterocycles. The van der Waals surface area contributed by atoms with Crippen molar-refractivity contribution in [3.8, 4) is 11.5 Å². The SMILES string of the molecule is COc1cc(C(=O)N2CCN(S(=O)(=O)c3cc(C)sc3C)CC2)ccc1OC(C)C. The number of nitrogens with zero attached hydrogens (tertiary/aromatic N) is 2. The lowest BCUT2D eigenvalue weighted by Crippen LogP contribution is -2.50. The van der Waals surface area contributed by atoms with Gasteiger partial charge in [-0.05, 0) is 52.0 Å². The van der Waals surface area contributed by atoms with Crippen LogP contribution in [0.4, 0.5) is 0 Å². The summed E-state index contributed by atoms with van der Waals surface area (Å²) in [7, 11) is -2.01. The Kier molecular flexibility index (Phi) is 6.74. The van der Waals surface area contributed by atoms with Gasteiger partial charge in [0.25, 0.3) is 5.91 Å². The van der Waals surface area contributed by atoms with Crippen molar-refractivity contribution in [2.75, 3.05) is 33.3 Å². The van der Waals surface area contributed by atoms with Gasteiger partial charge in [-0.1, -0.05) is 0 Å². The van der Waals surface area contributed by atoms with E-state index in [2.05, 4.69) is 0 Å². The van der Waals surface area contributed by atoms with Crippen LogP contribution in [-0.4, -0.2) is 62.9 Å². The highest BCUT2D eigenvalue weighted by atomic mass is 32.2. The van der Waals surface area contributed by atoms with Crippen LogP contribution < -0.4 is 9.47 Å². The minimum Gasteiger partial charge on any atom is -0.493 e. The summed E-state index contributed by atoms with van der Waals surface area (Å²) in [6.45, 7) is 8.79. The van der Waals surface area contributed by atoms with Crippen LogP contribution in [0.15, 0.2) is 29.2 Å². The molecule has 9 heteroatoms. The van der Waals surface area contributed by atoms with Gasteiger partial charge in [0.15, 0.2) is 11.5 Å². The van der Waals surface area contributed by atoms with Gasteiger partial charge in [0, 0.05) is 41.5 Å². The zero-order valence-corrected chi connectivity index (χ0v) is 19.6. The van der Waals surface area contributed by atoms with Gasteiger partial charge in [-0.15, -0.1) is 11.3 Å². The maximum Gasteiger partial charge on any atom is 0.254 e. The molecule has 2 heterocycles. The number of hydrogen-bond acceptors (Lipinski definition) is 6. The van der Waals surface area contributed by atoms with Gasteiger partial charge in [-0.3, -0.25) is 4.79 Å². The number of amides is 1. The van der Waals surface area contributed by atoms with Crippen LogP contribution in [0.5, 0.6) is 11.5 Å². The first-order valence-electron chi connectivity index (χ1n) is 9.84. The van der Waals surface area contributed by atoms with Gasteiger partial charge < -0.3 is 14.4 Å². The number of ether oxygens (including phenoxy) is 2. The topological polar surface area (TPSA) is 76.2 Å². The van der Waals surface area contributed by atoms with E-state index in [1.54, 1.807) is 29.2 Å². The van der Waals surface area contributed by atoms with Crippen molar-refractivity contribution < 1.29 is 22.7 Å². The molecule has 1 aliphatic rings. The molecule has 3 rings (SSSR count). The summed E-state index contributed by atoms with van der Waals surface area (Å²) in [5, 5.41) is 0. The molecule has 7 nitrogen and oxygen atoms in total. The maximum atomic E-state index is 13.0. The zero-order valence-electron chi connectivity index (χ0n) is 18.0. The number of rotatable bonds is 6. The molecular weight excluding hydrogens is 424 g/mol. The molecule has 0 spiro atoms. The summed E-state index contributed by atoms with van der Waals surface area (Å²) >= 11 is 1.48. The molecule has 0 N–H and O–H groups in total. The second-order valence-corrected chi connectivity index (χ2v) is 10.9. The molecule has 1 aromatic heterocycles. The number of hydrogen-bond donors (Lipinski definition) is 0. The number of aryl methyl sites for hydroxylation is 2. The third-order valence-electron chi connectivity index (χ3n) is 4.91. The summed E-state index contributed by atoms with van der Waals surface area (Å²) < 4.78 is 38.5. The van der Waals surface area contributed by atoms with Gasteiger partial charge in [0.1, 0.15) is 0 Å². The molecular formula is C21H28N2O5S2. The van der Waals surface area contributed by atoms with Crippen molar-refractivity contribution in [2.45, 2.75) is 38.7 Å². The lowest BCUT2D eigenvalue weighted by atomic mass is 10.1. The van der Waals surface area contributed by atoms with E-state index in [0.717, 1.165) is 9.75 Å². The largest absolute Gasteiger partial charge is 0.493 e. The van der Waals surface area contributed by atoms with Gasteiger partial charge in [-0.2, -0.15) is 4.31 Å². The quantitative estimate of drug-likeness (QED) is 0.672. The molecule has 0 aliphatic carbocycles. The van der Waals surface area contributed by atoms with E-state index in [-0.39, 0.29) is 25.1 Å². The van der Waals surface area contributed by atoms with Crippen molar-refractivity contribution in [1.82, 2.24) is 9.21 Å². The fourth-order valence-electron chi connectivity index (χ4n) is 3.47. The van der Waals surface area contributed by atoms with E-state index in [0.29, 0.717) is 35.0 Å². The Morgan fingerprint density at radius 1 is 1.07 bits per heavy atom. The van der Waals surface area contributed by atoms with Crippen LogP contribution in [0.2, 0.25) is 0 Å². The molecule has 1 aliphatic heterocycles. The van der Waals surface area contributed by atoms with Gasteiger partial charge >= 0.3 is 0 Å². The number of benzene rings is 1. The van der Waals surface area contributed by atoms with E-state index in [1.807, 2.05) is 27.7 Å². The molecule has 0 bridgehead atoms. The zero-order chi connectivity index (χ0) is 22.1. The van der Waals surface area contributed by atoms with Crippen LogP contribution in [0, 0.1) is 13.8 Å². The molecule has 1 fully saturated rings. The van der Waals surface area contributed by atoms with E-state index in [4.69, 9.17) is 9.47 Å². The Hall–Kier alpha value is -2.10. The Bertz CT molecular complexity index is 1020. The molecule has 0 radical (unpaired) electrons. The van der Waals surface area contributed by atoms with E-state index in [9.17, 15) is 13.2 Å². The summed E-state index contributed by atoms with van der Waals surface area (Å²) in [5.41, 5.74) is 0.489. The van der Waals surface area contributed by atoms with Gasteiger partial charge in [0.2, 0.25) is 10.0 Å². The predicted octanol–water partition coefficient (Wildman–Crippen LogP) is 3.31. The fraction of sp³-hybridized carbons (Fsp3) is 0.476. The van der Waals surface area contributed by atoms with Crippen molar-refractivity contribution in [3.63, 3.8) is 0 Å². The van der Waals surface area contributed by atoms with Crippen LogP contribution in [0.1, 0.15) is 34.0 Å². The minimum absolute atomic E-state index is 0.00821. The average molecular weight is 453 g/mol. The molecule has 0 saturated carbocycles. The first-order chi connectivity index (χ1) is 14.1. The molecule has 0 unspecified atom stereocenters. The summed E-state index contributed by atoms with van der Waals surface area (Å²) in [6.07, 6.45) is -0.00821. The molecule has 0 atom stereocenters. The predicted molar refractivity (Wildman–Crippen MR) is 117 cm³/mol. The van der Waals surface area contributed by atoms with Gasteiger partial charge in [0.05, 0.1) is 18.1 Å². The average Bonchev–Trinajstić information content (AvgIpc) is 3.06. The standard InChI is InChI=1S/C21H28N2O5S2/c1-14(2)28-18-7-6-17(13-19(18)27-5)21(24)22-8-10-23(11-9-22)30(25,26)20-12-15(3)29-16(20)4/h6-7,12-14H,8-11H2,1-5H3. The molecule has 164 valence electrons. The fourth-order valence-corrected chi connectivity index (χ4v) is 6.41. The number of piperazine rings is 1. The number of sulfonamides is 1. The van der Waals surface area contributed by atoms with Gasteiger partial charge in [-0.25, -0.2) is 8.42 Å². The monoisotopic (exact) mass is 452 g/mol. The Morgan fingerprint density at radius 3 is 2.27 bits per heavy atom. The van der Waals surface area contributed by atoms with Crippen LogP contribution in [-0.2, 0) is 10.0 Å². The first kappa shape index (κ1) is 22.6. The van der Waals surface area contributed by atoms with Crippen LogP contribution >= 0.6 is 11.3 Å². The molecule has 2 aromatic rings. The molecule has 1 aromatic carbocycles. The highest BCUT2D eigenvalue weighted by molar-refractivity contribution is 7.89. The number of methoxy groups -OCH3 is 1. The number of carbonyl (C=O) groups is 1. The van der Waals surface area contributed by atoms with E-state index < -0.39 is 10.0 Å². The maximum absolute atomic E-state index is 13.0. The second-order valence-electron chi connectivity index (χ2n) is 7.51. The highest BCUT2D eigenvalue weighted by Crippen LogP contribution is 2.30. The lowest BCUT2D eigenvalue weighted by Gasteiger charge is -2.34. The Labute approximate surface area is 182 Å². The third-order valence-corrected chi connectivity index (χ3v) is 8.03. The van der Waals surface area contributed by atoms with Crippen molar-refractivity contribution in [3.05, 3.63) is 39.6 Å². The first-order valence-corrected chi connectivity index (χ1v) is 12.1. The van der Waals surface area contributed by atoms with Crippen LogP contribution in [0.25, 0.3) is 0 Å². The number of carbonyl (C=O) groups excluding carboxylic acids is 1. The van der Waals surface area contributed by atoms with E-state index >= 15 is 0 Å². The van der Waals surface area contributed by atoms with Crippen molar-refractivity contribution >= 4 is 27.3 Å². The molecule has 30 heavy (non-hydrogen) atoms. The lowest BCUT2D eigenvalue weighted by molar-refractivity contribution is 0.0697. The van der Waals surface area contributed by atoms with Crippen molar-refractivity contribution in [1.29, 1.82) is 0 Å². The summed E-state index contributed by atoms with van der Waals surface area (Å²) in [6, 6.07) is 6.83. The smallest absolute Gasteiger partial charge is 0.254 e. The Balaban J connectivity index is 1.70.